The lowest BCUT2D eigenvalue weighted by Crippen LogP contribution is -2.35. The van der Waals surface area contributed by atoms with Gasteiger partial charge in [-0.25, -0.2) is 0 Å². The Hall–Kier alpha value is -2.34. The van der Waals surface area contributed by atoms with E-state index in [4.69, 9.17) is 4.18 Å². The maximum absolute atomic E-state index is 13.1. The molecule has 2 aromatic rings. The first kappa shape index (κ1) is 20.4. The lowest BCUT2D eigenvalue weighted by atomic mass is 10.1. The molecule has 0 aliphatic heterocycles. The Labute approximate surface area is 167 Å². The van der Waals surface area contributed by atoms with E-state index in [0.717, 1.165) is 18.2 Å². The van der Waals surface area contributed by atoms with Crippen LogP contribution in [0.2, 0.25) is 0 Å². The second-order valence-corrected chi connectivity index (χ2v) is 9.48. The molecule has 2 atom stereocenters. The van der Waals surface area contributed by atoms with Gasteiger partial charge < -0.3 is 9.08 Å². The molecule has 0 heterocycles. The molecule has 1 fully saturated rings. The van der Waals surface area contributed by atoms with Crippen LogP contribution in [0.3, 0.4) is 0 Å². The van der Waals surface area contributed by atoms with Crippen LogP contribution in [-0.2, 0) is 21.5 Å². The van der Waals surface area contributed by atoms with Crippen molar-refractivity contribution in [3.63, 3.8) is 0 Å². The molecule has 150 valence electrons. The average molecular weight is 402 g/mol. The van der Waals surface area contributed by atoms with Gasteiger partial charge in [0.05, 0.1) is 6.26 Å². The molecule has 5 nitrogen and oxygen atoms in total. The molecular weight excluding hydrogens is 374 g/mol. The highest BCUT2D eigenvalue weighted by atomic mass is 32.2. The van der Waals surface area contributed by atoms with E-state index < -0.39 is 10.1 Å². The summed E-state index contributed by atoms with van der Waals surface area (Å²) in [6.45, 7) is 5.41. The van der Waals surface area contributed by atoms with E-state index in [0.29, 0.717) is 24.9 Å². The Kier molecular flexibility index (Phi) is 6.08. The lowest BCUT2D eigenvalue weighted by Gasteiger charge is -2.25. The zero-order valence-electron chi connectivity index (χ0n) is 16.5. The highest BCUT2D eigenvalue weighted by Gasteiger charge is 2.45. The first-order chi connectivity index (χ1) is 13.2. The minimum atomic E-state index is -3.54. The van der Waals surface area contributed by atoms with E-state index in [1.54, 1.807) is 12.1 Å². The Morgan fingerprint density at radius 3 is 2.32 bits per heavy atom. The van der Waals surface area contributed by atoms with Crippen molar-refractivity contribution in [3.8, 4) is 5.75 Å². The number of carbonyl (C=O) groups excluding carboxylic acids is 1. The quantitative estimate of drug-likeness (QED) is 0.631. The minimum Gasteiger partial charge on any atom is -0.383 e. The summed E-state index contributed by atoms with van der Waals surface area (Å²) in [5, 5.41) is 0. The van der Waals surface area contributed by atoms with Crippen molar-refractivity contribution in [1.82, 2.24) is 4.90 Å². The molecule has 0 bridgehead atoms. The van der Waals surface area contributed by atoms with E-state index >= 15 is 0 Å². The van der Waals surface area contributed by atoms with Crippen LogP contribution >= 0.6 is 0 Å². The van der Waals surface area contributed by atoms with Crippen LogP contribution in [0.5, 0.6) is 5.75 Å². The lowest BCUT2D eigenvalue weighted by molar-refractivity contribution is -0.133. The normalized spacial score (nSPS) is 18.7. The molecule has 0 N–H and O–H groups in total. The van der Waals surface area contributed by atoms with Gasteiger partial charge in [-0.3, -0.25) is 4.79 Å². The zero-order chi connectivity index (χ0) is 20.3. The Bertz CT molecular complexity index is 907. The number of rotatable bonds is 8. The summed E-state index contributed by atoms with van der Waals surface area (Å²) in [5.41, 5.74) is 2.18. The van der Waals surface area contributed by atoms with Gasteiger partial charge in [-0.2, -0.15) is 8.42 Å². The largest absolute Gasteiger partial charge is 0.383 e. The summed E-state index contributed by atoms with van der Waals surface area (Å²) >= 11 is 0. The third kappa shape index (κ3) is 5.58. The molecule has 0 unspecified atom stereocenters. The third-order valence-electron chi connectivity index (χ3n) is 4.78. The Morgan fingerprint density at radius 2 is 1.75 bits per heavy atom. The summed E-state index contributed by atoms with van der Waals surface area (Å²) in [5.74, 6) is 1.20. The number of amides is 1. The Balaban J connectivity index is 1.68. The molecule has 0 saturated heterocycles. The highest BCUT2D eigenvalue weighted by Crippen LogP contribution is 2.48. The Morgan fingerprint density at radius 1 is 1.11 bits per heavy atom. The van der Waals surface area contributed by atoms with Crippen LogP contribution in [-0.4, -0.2) is 32.0 Å². The molecular formula is C22H27NO4S. The van der Waals surface area contributed by atoms with Crippen LogP contribution < -0.4 is 4.18 Å². The summed E-state index contributed by atoms with van der Waals surface area (Å²) in [6.07, 6.45) is 1.92. The van der Waals surface area contributed by atoms with Gasteiger partial charge in [0.25, 0.3) is 0 Å². The molecule has 3 rings (SSSR count). The molecule has 1 saturated carbocycles. The van der Waals surface area contributed by atoms with Crippen molar-refractivity contribution in [2.45, 2.75) is 32.7 Å². The fourth-order valence-corrected chi connectivity index (χ4v) is 3.95. The van der Waals surface area contributed by atoms with Gasteiger partial charge in [0.15, 0.2) is 0 Å². The van der Waals surface area contributed by atoms with Crippen molar-refractivity contribution in [2.75, 3.05) is 12.8 Å². The van der Waals surface area contributed by atoms with Crippen LogP contribution in [0.1, 0.15) is 37.3 Å². The second kappa shape index (κ2) is 8.35. The topological polar surface area (TPSA) is 63.7 Å². The minimum absolute atomic E-state index is 0.0500. The van der Waals surface area contributed by atoms with E-state index in [9.17, 15) is 13.2 Å². The summed E-state index contributed by atoms with van der Waals surface area (Å²) < 4.78 is 27.3. The van der Waals surface area contributed by atoms with E-state index in [1.165, 1.54) is 5.56 Å². The van der Waals surface area contributed by atoms with Crippen LogP contribution in [0, 0.1) is 11.8 Å². The predicted octanol–water partition coefficient (Wildman–Crippen LogP) is 3.81. The molecule has 0 spiro atoms. The van der Waals surface area contributed by atoms with Crippen LogP contribution in [0.25, 0.3) is 0 Å². The SMILES string of the molecule is CC(C)CN(Cc1ccc(OS(C)(=O)=O)cc1)C(=O)[C@H]1C[C@H]1c1ccccc1. The van der Waals surface area contributed by atoms with Gasteiger partial charge in [-0.05, 0) is 41.5 Å². The number of carbonyl (C=O) groups is 1. The van der Waals surface area contributed by atoms with Crippen molar-refractivity contribution in [2.24, 2.45) is 11.8 Å². The third-order valence-corrected chi connectivity index (χ3v) is 5.27. The highest BCUT2D eigenvalue weighted by molar-refractivity contribution is 7.86. The smallest absolute Gasteiger partial charge is 0.306 e. The summed E-state index contributed by atoms with van der Waals surface area (Å²) in [4.78, 5) is 15.0. The van der Waals surface area contributed by atoms with Gasteiger partial charge in [0, 0.05) is 19.0 Å². The molecule has 28 heavy (non-hydrogen) atoms. The molecule has 1 aliphatic carbocycles. The van der Waals surface area contributed by atoms with Crippen molar-refractivity contribution < 1.29 is 17.4 Å². The molecule has 1 aliphatic rings. The molecule has 1 amide bonds. The molecule has 0 radical (unpaired) electrons. The first-order valence-corrected chi connectivity index (χ1v) is 11.4. The number of benzene rings is 2. The summed E-state index contributed by atoms with van der Waals surface area (Å²) in [7, 11) is -3.54. The molecule has 6 heteroatoms. The fourth-order valence-electron chi connectivity index (χ4n) is 3.49. The van der Waals surface area contributed by atoms with Crippen molar-refractivity contribution >= 4 is 16.0 Å². The fraction of sp³-hybridized carbons (Fsp3) is 0.409. The first-order valence-electron chi connectivity index (χ1n) is 9.55. The summed E-state index contributed by atoms with van der Waals surface area (Å²) in [6, 6.07) is 17.1. The van der Waals surface area contributed by atoms with Gasteiger partial charge >= 0.3 is 10.1 Å². The predicted molar refractivity (Wildman–Crippen MR) is 109 cm³/mol. The van der Waals surface area contributed by atoms with Crippen LogP contribution in [0.15, 0.2) is 54.6 Å². The maximum Gasteiger partial charge on any atom is 0.306 e. The van der Waals surface area contributed by atoms with E-state index in [-0.39, 0.29) is 17.6 Å². The zero-order valence-corrected chi connectivity index (χ0v) is 17.4. The van der Waals surface area contributed by atoms with E-state index in [2.05, 4.69) is 26.0 Å². The van der Waals surface area contributed by atoms with Crippen LogP contribution in [0.4, 0.5) is 0 Å². The van der Waals surface area contributed by atoms with Gasteiger partial charge in [0.1, 0.15) is 5.75 Å². The molecule has 2 aromatic carbocycles. The average Bonchev–Trinajstić information content (AvgIpc) is 3.42. The van der Waals surface area contributed by atoms with Crippen molar-refractivity contribution in [3.05, 3.63) is 65.7 Å². The van der Waals surface area contributed by atoms with Gasteiger partial charge in [-0.1, -0.05) is 56.3 Å². The van der Waals surface area contributed by atoms with Gasteiger partial charge in [-0.15, -0.1) is 0 Å². The second-order valence-electron chi connectivity index (χ2n) is 7.90. The standard InChI is InChI=1S/C22H27NO4S/c1-16(2)14-23(15-17-9-11-19(12-10-17)27-28(3,25)26)22(24)21-13-20(21)18-7-5-4-6-8-18/h4-12,16,20-21H,13-15H2,1-3H3/t20-,21-/m0/s1. The van der Waals surface area contributed by atoms with Crippen molar-refractivity contribution in [1.29, 1.82) is 0 Å². The van der Waals surface area contributed by atoms with E-state index in [1.807, 2.05) is 35.2 Å². The number of hydrogen-bond acceptors (Lipinski definition) is 4. The monoisotopic (exact) mass is 401 g/mol. The number of hydrogen-bond donors (Lipinski definition) is 0. The van der Waals surface area contributed by atoms with Gasteiger partial charge in [0.2, 0.25) is 5.91 Å². The maximum atomic E-state index is 13.1. The molecule has 0 aromatic heterocycles. The number of nitrogens with zero attached hydrogens (tertiary/aromatic N) is 1.